The van der Waals surface area contributed by atoms with Crippen molar-refractivity contribution in [1.29, 1.82) is 0 Å². The van der Waals surface area contributed by atoms with Crippen molar-refractivity contribution in [3.63, 3.8) is 0 Å². The molecule has 4 heteroatoms. The van der Waals surface area contributed by atoms with E-state index in [1.807, 2.05) is 6.92 Å². The Morgan fingerprint density at radius 2 is 2.18 bits per heavy atom. The molecule has 2 N–H and O–H groups in total. The first-order valence-electron chi connectivity index (χ1n) is 6.94. The van der Waals surface area contributed by atoms with Gasteiger partial charge in [0.15, 0.2) is 0 Å². The Morgan fingerprint density at radius 3 is 2.82 bits per heavy atom. The quantitative estimate of drug-likeness (QED) is 0.763. The summed E-state index contributed by atoms with van der Waals surface area (Å²) < 4.78 is 0. The molecule has 98 valence electrons. The van der Waals surface area contributed by atoms with E-state index in [-0.39, 0.29) is 11.9 Å². The average molecular weight is 239 g/mol. The lowest BCUT2D eigenvalue weighted by atomic mass is 9.93. The van der Waals surface area contributed by atoms with Crippen LogP contribution in [0.2, 0.25) is 0 Å². The molecule has 0 radical (unpaired) electrons. The maximum atomic E-state index is 11.8. The van der Waals surface area contributed by atoms with Gasteiger partial charge in [-0.25, -0.2) is 0 Å². The second kappa shape index (κ2) is 5.83. The Kier molecular flexibility index (Phi) is 4.40. The highest BCUT2D eigenvalue weighted by atomic mass is 16.2. The van der Waals surface area contributed by atoms with Gasteiger partial charge in [0.25, 0.3) is 0 Å². The fourth-order valence-corrected chi connectivity index (χ4v) is 3.29. The number of carbonyl (C=O) groups excluding carboxylic acids is 1. The zero-order valence-electron chi connectivity index (χ0n) is 11.0. The number of piperidine rings is 1. The SMILES string of the molecule is CNC(=O)C(C)N1CCCCC1C1CCCN1. The Bertz CT molecular complexity index is 263. The summed E-state index contributed by atoms with van der Waals surface area (Å²) in [5.41, 5.74) is 0. The normalized spacial score (nSPS) is 32.4. The molecular formula is C13H25N3O. The van der Waals surface area contributed by atoms with Crippen molar-refractivity contribution in [2.75, 3.05) is 20.1 Å². The van der Waals surface area contributed by atoms with Crippen LogP contribution >= 0.6 is 0 Å². The Balaban J connectivity index is 2.03. The second-order valence-electron chi connectivity index (χ2n) is 5.29. The zero-order chi connectivity index (χ0) is 12.3. The van der Waals surface area contributed by atoms with E-state index >= 15 is 0 Å². The van der Waals surface area contributed by atoms with Gasteiger partial charge >= 0.3 is 0 Å². The zero-order valence-corrected chi connectivity index (χ0v) is 11.0. The summed E-state index contributed by atoms with van der Waals surface area (Å²) in [7, 11) is 1.73. The first-order valence-corrected chi connectivity index (χ1v) is 6.94. The third-order valence-electron chi connectivity index (χ3n) is 4.28. The highest BCUT2D eigenvalue weighted by Gasteiger charge is 2.35. The van der Waals surface area contributed by atoms with Gasteiger partial charge in [-0.3, -0.25) is 9.69 Å². The van der Waals surface area contributed by atoms with Gasteiger partial charge in [0.05, 0.1) is 6.04 Å². The largest absolute Gasteiger partial charge is 0.358 e. The van der Waals surface area contributed by atoms with Crippen molar-refractivity contribution in [2.45, 2.75) is 57.2 Å². The van der Waals surface area contributed by atoms with E-state index in [2.05, 4.69) is 15.5 Å². The molecule has 4 nitrogen and oxygen atoms in total. The molecule has 0 aliphatic carbocycles. The molecule has 3 unspecified atom stereocenters. The fraction of sp³-hybridized carbons (Fsp3) is 0.923. The molecule has 0 bridgehead atoms. The van der Waals surface area contributed by atoms with E-state index in [1.54, 1.807) is 7.05 Å². The summed E-state index contributed by atoms with van der Waals surface area (Å²) in [6.45, 7) is 4.24. The van der Waals surface area contributed by atoms with Crippen LogP contribution in [0, 0.1) is 0 Å². The lowest BCUT2D eigenvalue weighted by Gasteiger charge is -2.42. The number of nitrogens with zero attached hydrogens (tertiary/aromatic N) is 1. The summed E-state index contributed by atoms with van der Waals surface area (Å²) in [4.78, 5) is 14.2. The maximum absolute atomic E-state index is 11.8. The lowest BCUT2D eigenvalue weighted by Crippen LogP contribution is -2.56. The van der Waals surface area contributed by atoms with Gasteiger partial charge in [-0.05, 0) is 45.7 Å². The smallest absolute Gasteiger partial charge is 0.236 e. The minimum atomic E-state index is 0.00713. The van der Waals surface area contributed by atoms with Gasteiger partial charge in [-0.15, -0.1) is 0 Å². The van der Waals surface area contributed by atoms with E-state index in [9.17, 15) is 4.79 Å². The molecule has 2 fully saturated rings. The van der Waals surface area contributed by atoms with Gasteiger partial charge in [-0.2, -0.15) is 0 Å². The molecule has 17 heavy (non-hydrogen) atoms. The minimum absolute atomic E-state index is 0.00713. The molecule has 0 saturated carbocycles. The van der Waals surface area contributed by atoms with Crippen molar-refractivity contribution in [3.05, 3.63) is 0 Å². The molecular weight excluding hydrogens is 214 g/mol. The highest BCUT2D eigenvalue weighted by molar-refractivity contribution is 5.81. The number of nitrogens with one attached hydrogen (secondary N) is 2. The molecule has 2 rings (SSSR count). The molecule has 2 aliphatic heterocycles. The van der Waals surface area contributed by atoms with Crippen LogP contribution in [0.25, 0.3) is 0 Å². The number of rotatable bonds is 3. The topological polar surface area (TPSA) is 44.4 Å². The molecule has 0 aromatic rings. The molecule has 0 spiro atoms. The molecule has 0 aromatic carbocycles. The molecule has 1 amide bonds. The third-order valence-corrected chi connectivity index (χ3v) is 4.28. The molecule has 2 saturated heterocycles. The fourth-order valence-electron chi connectivity index (χ4n) is 3.29. The van der Waals surface area contributed by atoms with Crippen molar-refractivity contribution in [2.24, 2.45) is 0 Å². The summed E-state index contributed by atoms with van der Waals surface area (Å²) in [6.07, 6.45) is 6.31. The van der Waals surface area contributed by atoms with Gasteiger partial charge < -0.3 is 10.6 Å². The highest BCUT2D eigenvalue weighted by Crippen LogP contribution is 2.25. The van der Waals surface area contributed by atoms with Crippen LogP contribution in [0.4, 0.5) is 0 Å². The van der Waals surface area contributed by atoms with Crippen LogP contribution in [0.3, 0.4) is 0 Å². The van der Waals surface area contributed by atoms with E-state index in [4.69, 9.17) is 0 Å². The number of likely N-dealkylation sites (tertiary alicyclic amines) is 1. The average Bonchev–Trinajstić information content (AvgIpc) is 2.90. The lowest BCUT2D eigenvalue weighted by molar-refractivity contribution is -0.127. The first kappa shape index (κ1) is 12.8. The Morgan fingerprint density at radius 1 is 1.35 bits per heavy atom. The Labute approximate surface area is 104 Å². The van der Waals surface area contributed by atoms with Gasteiger partial charge in [0, 0.05) is 19.1 Å². The van der Waals surface area contributed by atoms with E-state index in [0.717, 1.165) is 13.1 Å². The van der Waals surface area contributed by atoms with Gasteiger partial charge in [-0.1, -0.05) is 6.42 Å². The molecule has 2 aliphatic rings. The molecule has 3 atom stereocenters. The van der Waals surface area contributed by atoms with Crippen molar-refractivity contribution in [1.82, 2.24) is 15.5 Å². The monoisotopic (exact) mass is 239 g/mol. The Hall–Kier alpha value is -0.610. The van der Waals surface area contributed by atoms with Crippen LogP contribution in [0.15, 0.2) is 0 Å². The second-order valence-corrected chi connectivity index (χ2v) is 5.29. The number of hydrogen-bond donors (Lipinski definition) is 2. The van der Waals surface area contributed by atoms with Gasteiger partial charge in [0.2, 0.25) is 5.91 Å². The summed E-state index contributed by atoms with van der Waals surface area (Å²) >= 11 is 0. The summed E-state index contributed by atoms with van der Waals surface area (Å²) in [6, 6.07) is 1.16. The summed E-state index contributed by atoms with van der Waals surface area (Å²) in [5.74, 6) is 0.148. The van der Waals surface area contributed by atoms with Crippen molar-refractivity contribution in [3.8, 4) is 0 Å². The maximum Gasteiger partial charge on any atom is 0.236 e. The van der Waals surface area contributed by atoms with Gasteiger partial charge in [0.1, 0.15) is 0 Å². The molecule has 2 heterocycles. The van der Waals surface area contributed by atoms with Crippen LogP contribution in [0.5, 0.6) is 0 Å². The standard InChI is InChI=1S/C13H25N3O/c1-10(13(17)14-2)16-9-4-3-7-12(16)11-6-5-8-15-11/h10-12,15H,3-9H2,1-2H3,(H,14,17). The van der Waals surface area contributed by atoms with Crippen LogP contribution in [0.1, 0.15) is 39.0 Å². The van der Waals surface area contributed by atoms with Crippen LogP contribution < -0.4 is 10.6 Å². The minimum Gasteiger partial charge on any atom is -0.358 e. The predicted octanol–water partition coefficient (Wildman–Crippen LogP) is 0.727. The number of likely N-dealkylation sites (N-methyl/N-ethyl adjacent to an activating group) is 1. The van der Waals surface area contributed by atoms with E-state index in [0.29, 0.717) is 12.1 Å². The third kappa shape index (κ3) is 2.80. The first-order chi connectivity index (χ1) is 8.24. The van der Waals surface area contributed by atoms with E-state index in [1.165, 1.54) is 32.1 Å². The van der Waals surface area contributed by atoms with Crippen molar-refractivity contribution >= 4 is 5.91 Å². The number of amides is 1. The molecule has 0 aromatic heterocycles. The van der Waals surface area contributed by atoms with Crippen LogP contribution in [-0.2, 0) is 4.79 Å². The number of carbonyl (C=O) groups is 1. The number of hydrogen-bond acceptors (Lipinski definition) is 3. The summed E-state index contributed by atoms with van der Waals surface area (Å²) in [5, 5.41) is 6.37. The van der Waals surface area contributed by atoms with Crippen LogP contribution in [-0.4, -0.2) is 49.1 Å². The predicted molar refractivity (Wildman–Crippen MR) is 68.9 cm³/mol. The van der Waals surface area contributed by atoms with E-state index < -0.39 is 0 Å². The van der Waals surface area contributed by atoms with Crippen molar-refractivity contribution < 1.29 is 4.79 Å².